The smallest absolute Gasteiger partial charge is 0.387 e. The highest BCUT2D eigenvalue weighted by atomic mass is 19.3. The van der Waals surface area contributed by atoms with Crippen molar-refractivity contribution >= 4 is 6.03 Å². The lowest BCUT2D eigenvalue weighted by atomic mass is 9.99. The van der Waals surface area contributed by atoms with Gasteiger partial charge in [-0.15, -0.1) is 0 Å². The summed E-state index contributed by atoms with van der Waals surface area (Å²) in [6.07, 6.45) is 4.60. The van der Waals surface area contributed by atoms with Crippen molar-refractivity contribution in [3.05, 3.63) is 29.8 Å². The normalized spacial score (nSPS) is 16.9. The predicted octanol–water partition coefficient (Wildman–Crippen LogP) is 4.16. The van der Waals surface area contributed by atoms with Crippen molar-refractivity contribution < 1.29 is 18.3 Å². The largest absolute Gasteiger partial charge is 0.435 e. The first-order chi connectivity index (χ1) is 12.9. The molecule has 0 bridgehead atoms. The summed E-state index contributed by atoms with van der Waals surface area (Å²) in [6, 6.07) is 5.84. The highest BCUT2D eigenvalue weighted by Crippen LogP contribution is 2.19. The van der Waals surface area contributed by atoms with Crippen LogP contribution in [-0.2, 0) is 0 Å². The molecule has 0 radical (unpaired) electrons. The SMILES string of the molecule is CC1CCN(CCCCNC(=O)NC(C)c2ccc(OC(F)F)cc2)CC1. The maximum atomic E-state index is 12.2. The van der Waals surface area contributed by atoms with Gasteiger partial charge >= 0.3 is 12.6 Å². The van der Waals surface area contributed by atoms with Gasteiger partial charge in [0.2, 0.25) is 0 Å². The lowest BCUT2D eigenvalue weighted by Crippen LogP contribution is -2.38. The van der Waals surface area contributed by atoms with Gasteiger partial charge in [0.25, 0.3) is 0 Å². The molecule has 0 aliphatic carbocycles. The van der Waals surface area contributed by atoms with E-state index in [4.69, 9.17) is 0 Å². The van der Waals surface area contributed by atoms with E-state index in [0.29, 0.717) is 6.54 Å². The number of amides is 2. The second-order valence-electron chi connectivity index (χ2n) is 7.30. The van der Waals surface area contributed by atoms with Gasteiger partial charge in [-0.1, -0.05) is 19.1 Å². The van der Waals surface area contributed by atoms with Gasteiger partial charge < -0.3 is 20.3 Å². The summed E-state index contributed by atoms with van der Waals surface area (Å²) in [7, 11) is 0. The molecular weight excluding hydrogens is 352 g/mol. The molecule has 1 saturated heterocycles. The van der Waals surface area contributed by atoms with Crippen LogP contribution in [0.5, 0.6) is 5.75 Å². The summed E-state index contributed by atoms with van der Waals surface area (Å²) in [5.74, 6) is 0.954. The number of nitrogens with one attached hydrogen (secondary N) is 2. The van der Waals surface area contributed by atoms with E-state index in [1.165, 1.54) is 38.1 Å². The first-order valence-electron chi connectivity index (χ1n) is 9.75. The lowest BCUT2D eigenvalue weighted by Gasteiger charge is -2.30. The molecule has 1 aliphatic rings. The maximum Gasteiger partial charge on any atom is 0.387 e. The van der Waals surface area contributed by atoms with E-state index in [1.54, 1.807) is 12.1 Å². The molecule has 1 aromatic carbocycles. The molecule has 1 aliphatic heterocycles. The third-order valence-electron chi connectivity index (χ3n) is 5.02. The number of ether oxygens (including phenoxy) is 1. The van der Waals surface area contributed by atoms with Crippen molar-refractivity contribution in [1.29, 1.82) is 0 Å². The van der Waals surface area contributed by atoms with Crippen LogP contribution >= 0.6 is 0 Å². The molecule has 2 N–H and O–H groups in total. The van der Waals surface area contributed by atoms with E-state index in [2.05, 4.69) is 27.2 Å². The number of halogens is 2. The third kappa shape index (κ3) is 8.12. The van der Waals surface area contributed by atoms with Crippen LogP contribution in [0, 0.1) is 5.92 Å². The van der Waals surface area contributed by atoms with Gasteiger partial charge in [-0.25, -0.2) is 4.79 Å². The number of rotatable bonds is 9. The number of alkyl halides is 2. The molecule has 2 rings (SSSR count). The molecule has 1 unspecified atom stereocenters. The van der Waals surface area contributed by atoms with Crippen molar-refractivity contribution in [3.63, 3.8) is 0 Å². The average molecular weight is 383 g/mol. The Labute approximate surface area is 160 Å². The molecule has 5 nitrogen and oxygen atoms in total. The van der Waals surface area contributed by atoms with E-state index < -0.39 is 6.61 Å². The average Bonchev–Trinajstić information content (AvgIpc) is 2.63. The Morgan fingerprint density at radius 3 is 2.52 bits per heavy atom. The number of benzene rings is 1. The number of nitrogens with zero attached hydrogens (tertiary/aromatic N) is 1. The Hall–Kier alpha value is -1.89. The quantitative estimate of drug-likeness (QED) is 0.630. The highest BCUT2D eigenvalue weighted by Gasteiger charge is 2.15. The Bertz CT molecular complexity index is 561. The van der Waals surface area contributed by atoms with Crippen molar-refractivity contribution in [2.75, 3.05) is 26.2 Å². The molecule has 7 heteroatoms. The van der Waals surface area contributed by atoms with Crippen LogP contribution in [0.2, 0.25) is 0 Å². The minimum absolute atomic E-state index is 0.105. The van der Waals surface area contributed by atoms with Gasteiger partial charge in [0, 0.05) is 6.54 Å². The number of hydrogen-bond acceptors (Lipinski definition) is 3. The fourth-order valence-corrected chi connectivity index (χ4v) is 3.22. The fourth-order valence-electron chi connectivity index (χ4n) is 3.22. The van der Waals surface area contributed by atoms with Gasteiger partial charge in [-0.3, -0.25) is 0 Å². The molecule has 152 valence electrons. The van der Waals surface area contributed by atoms with Crippen LogP contribution < -0.4 is 15.4 Å². The van der Waals surface area contributed by atoms with Crippen LogP contribution in [0.25, 0.3) is 0 Å². The molecule has 0 spiro atoms. The molecular formula is C20H31F2N3O2. The molecule has 1 heterocycles. The fraction of sp³-hybridized carbons (Fsp3) is 0.650. The number of likely N-dealkylation sites (tertiary alicyclic amines) is 1. The van der Waals surface area contributed by atoms with Crippen LogP contribution in [0.3, 0.4) is 0 Å². The van der Waals surface area contributed by atoms with Gasteiger partial charge in [0.15, 0.2) is 0 Å². The van der Waals surface area contributed by atoms with Gasteiger partial charge in [0.05, 0.1) is 6.04 Å². The molecule has 27 heavy (non-hydrogen) atoms. The van der Waals surface area contributed by atoms with Gasteiger partial charge in [-0.05, 0) is 75.9 Å². The van der Waals surface area contributed by atoms with E-state index in [9.17, 15) is 13.6 Å². The number of urea groups is 1. The molecule has 1 atom stereocenters. The first kappa shape index (κ1) is 21.4. The Morgan fingerprint density at radius 2 is 1.89 bits per heavy atom. The number of hydrogen-bond donors (Lipinski definition) is 2. The van der Waals surface area contributed by atoms with Crippen LogP contribution in [-0.4, -0.2) is 43.7 Å². The van der Waals surface area contributed by atoms with Crippen molar-refractivity contribution in [2.24, 2.45) is 5.92 Å². The van der Waals surface area contributed by atoms with Crippen molar-refractivity contribution in [1.82, 2.24) is 15.5 Å². The Kier molecular flexibility index (Phi) is 8.78. The highest BCUT2D eigenvalue weighted by molar-refractivity contribution is 5.74. The predicted molar refractivity (Wildman–Crippen MR) is 102 cm³/mol. The van der Waals surface area contributed by atoms with E-state index in [0.717, 1.165) is 30.9 Å². The number of piperidine rings is 1. The second kappa shape index (κ2) is 11.1. The number of carbonyl (C=O) groups is 1. The molecule has 1 aromatic rings. The van der Waals surface area contributed by atoms with E-state index in [1.807, 2.05) is 6.92 Å². The van der Waals surface area contributed by atoms with Crippen molar-refractivity contribution in [2.45, 2.75) is 52.2 Å². The molecule has 0 saturated carbocycles. The summed E-state index contributed by atoms with van der Waals surface area (Å²) in [5, 5.41) is 5.73. The lowest BCUT2D eigenvalue weighted by molar-refractivity contribution is -0.0498. The Morgan fingerprint density at radius 1 is 1.22 bits per heavy atom. The number of carbonyl (C=O) groups excluding carboxylic acids is 1. The van der Waals surface area contributed by atoms with Crippen LogP contribution in [0.1, 0.15) is 51.1 Å². The van der Waals surface area contributed by atoms with Crippen LogP contribution in [0.4, 0.5) is 13.6 Å². The summed E-state index contributed by atoms with van der Waals surface area (Å²) in [4.78, 5) is 14.5. The van der Waals surface area contributed by atoms with E-state index in [-0.39, 0.29) is 17.8 Å². The molecule has 2 amide bonds. The van der Waals surface area contributed by atoms with Gasteiger partial charge in [0.1, 0.15) is 5.75 Å². The summed E-state index contributed by atoms with van der Waals surface area (Å²) in [5.41, 5.74) is 0.825. The monoisotopic (exact) mass is 383 g/mol. The zero-order valence-corrected chi connectivity index (χ0v) is 16.2. The number of unbranched alkanes of at least 4 members (excludes halogenated alkanes) is 1. The standard InChI is InChI=1S/C20H31F2N3O2/c1-15-9-13-25(14-10-15)12-4-3-11-23-20(26)24-16(2)17-5-7-18(8-6-17)27-19(21)22/h5-8,15-16,19H,3-4,9-14H2,1-2H3,(H2,23,24,26). The van der Waals surface area contributed by atoms with E-state index >= 15 is 0 Å². The second-order valence-corrected chi connectivity index (χ2v) is 7.30. The minimum atomic E-state index is -2.84. The maximum absolute atomic E-state index is 12.2. The Balaban J connectivity index is 1.59. The first-order valence-corrected chi connectivity index (χ1v) is 9.75. The summed E-state index contributed by atoms with van der Waals surface area (Å²) < 4.78 is 28.6. The summed E-state index contributed by atoms with van der Waals surface area (Å²) >= 11 is 0. The molecule has 1 fully saturated rings. The minimum Gasteiger partial charge on any atom is -0.435 e. The van der Waals surface area contributed by atoms with Gasteiger partial charge in [-0.2, -0.15) is 8.78 Å². The van der Waals surface area contributed by atoms with Crippen molar-refractivity contribution in [3.8, 4) is 5.75 Å². The molecule has 0 aromatic heterocycles. The van der Waals surface area contributed by atoms with Crippen LogP contribution in [0.15, 0.2) is 24.3 Å². The zero-order valence-electron chi connectivity index (χ0n) is 16.2. The zero-order chi connectivity index (χ0) is 19.6. The third-order valence-corrected chi connectivity index (χ3v) is 5.02. The summed E-state index contributed by atoms with van der Waals surface area (Å²) in [6.45, 7) is 5.44. The topological polar surface area (TPSA) is 53.6 Å².